The van der Waals surface area contributed by atoms with E-state index in [1.807, 2.05) is 0 Å². The van der Waals surface area contributed by atoms with Crippen molar-refractivity contribution in [2.24, 2.45) is 45.3 Å². The number of hydrogen-bond acceptors (Lipinski definition) is 11. The van der Waals surface area contributed by atoms with E-state index in [4.69, 9.17) is 18.9 Å². The van der Waals surface area contributed by atoms with Crippen LogP contribution >= 0.6 is 0 Å². The van der Waals surface area contributed by atoms with Crippen molar-refractivity contribution in [1.29, 1.82) is 0 Å². The van der Waals surface area contributed by atoms with Gasteiger partial charge in [0.1, 0.15) is 30.5 Å². The van der Waals surface area contributed by atoms with Crippen LogP contribution in [0.1, 0.15) is 99.3 Å². The van der Waals surface area contributed by atoms with E-state index in [1.54, 1.807) is 13.8 Å². The Hall–Kier alpha value is -0.890. The summed E-state index contributed by atoms with van der Waals surface area (Å²) in [4.78, 5) is 12.0. The van der Waals surface area contributed by atoms with Crippen LogP contribution in [0.15, 0.2) is 0 Å². The van der Waals surface area contributed by atoms with Gasteiger partial charge in [0.25, 0.3) is 0 Å². The fourth-order valence-corrected chi connectivity index (χ4v) is 13.0. The van der Waals surface area contributed by atoms with E-state index in [1.165, 1.54) is 6.92 Å². The summed E-state index contributed by atoms with van der Waals surface area (Å²) in [6, 6.07) is 0. The minimum atomic E-state index is -1.84. The Bertz CT molecular complexity index is 1220. The quantitative estimate of drug-likeness (QED) is 0.189. The standard InChI is InChI=1S/C35H56O11/c1-17-13-22(27(30(3,4)41)44-18(2)36)46-35(42)26(17)31(5)11-12-34-16-33(34)10-9-20(45-28-25(39)24(38)21(37)15-43-28)14-19(33)7-8-23(34)32(31,6)29(35)40/h17,19-29,37-42H,7-16H2,1-6H3. The number of carbonyl (C=O) groups is 1. The number of carbonyl (C=O) groups excluding carboxylic acids is 1. The molecule has 7 rings (SSSR count). The molecular formula is C35H56O11. The maximum atomic E-state index is 12.5. The highest BCUT2D eigenvalue weighted by Gasteiger charge is 2.85. The zero-order valence-electron chi connectivity index (χ0n) is 28.2. The van der Waals surface area contributed by atoms with Crippen molar-refractivity contribution in [2.45, 2.75) is 160 Å². The molecule has 17 unspecified atom stereocenters. The smallest absolute Gasteiger partial charge is 0.303 e. The molecule has 2 heterocycles. The Morgan fingerprint density at radius 1 is 0.978 bits per heavy atom. The van der Waals surface area contributed by atoms with Crippen molar-refractivity contribution in [2.75, 3.05) is 6.61 Å². The molecule has 0 amide bonds. The van der Waals surface area contributed by atoms with Crippen LogP contribution in [0.2, 0.25) is 0 Å². The second kappa shape index (κ2) is 10.6. The van der Waals surface area contributed by atoms with Gasteiger partial charge < -0.3 is 49.6 Å². The maximum Gasteiger partial charge on any atom is 0.303 e. The molecule has 5 aliphatic carbocycles. The lowest BCUT2D eigenvalue weighted by Gasteiger charge is -2.61. The zero-order valence-corrected chi connectivity index (χ0v) is 28.2. The summed E-state index contributed by atoms with van der Waals surface area (Å²) in [7, 11) is 0. The summed E-state index contributed by atoms with van der Waals surface area (Å²) in [5.41, 5.74) is -2.19. The van der Waals surface area contributed by atoms with Crippen molar-refractivity contribution >= 4 is 5.97 Å². The molecule has 0 bridgehead atoms. The van der Waals surface area contributed by atoms with E-state index >= 15 is 0 Å². The van der Waals surface area contributed by atoms with Crippen LogP contribution in [0.5, 0.6) is 0 Å². The zero-order chi connectivity index (χ0) is 33.4. The molecule has 7 aliphatic rings. The minimum absolute atomic E-state index is 0.0474. The molecule has 5 saturated carbocycles. The second-order valence-electron chi connectivity index (χ2n) is 17.5. The Morgan fingerprint density at radius 2 is 1.70 bits per heavy atom. The predicted molar refractivity (Wildman–Crippen MR) is 163 cm³/mol. The summed E-state index contributed by atoms with van der Waals surface area (Å²) in [5, 5.41) is 66.3. The average molecular weight is 653 g/mol. The van der Waals surface area contributed by atoms with Crippen LogP contribution < -0.4 is 0 Å². The fraction of sp³-hybridized carbons (Fsp3) is 0.971. The van der Waals surface area contributed by atoms with Crippen LogP contribution in [0, 0.1) is 45.3 Å². The number of hydrogen-bond donors (Lipinski definition) is 6. The third kappa shape index (κ3) is 4.31. The molecule has 0 aromatic rings. The minimum Gasteiger partial charge on any atom is -0.457 e. The fourth-order valence-electron chi connectivity index (χ4n) is 13.0. The highest BCUT2D eigenvalue weighted by molar-refractivity contribution is 5.66. The largest absolute Gasteiger partial charge is 0.457 e. The van der Waals surface area contributed by atoms with Gasteiger partial charge in [0.15, 0.2) is 18.2 Å². The second-order valence-corrected chi connectivity index (χ2v) is 17.5. The molecule has 0 aromatic carbocycles. The van der Waals surface area contributed by atoms with Gasteiger partial charge in [-0.3, -0.25) is 4.79 Å². The van der Waals surface area contributed by atoms with E-state index in [-0.39, 0.29) is 46.7 Å². The molecule has 17 atom stereocenters. The van der Waals surface area contributed by atoms with E-state index in [2.05, 4.69) is 20.8 Å². The third-order valence-electron chi connectivity index (χ3n) is 15.0. The molecule has 0 aromatic heterocycles. The number of aliphatic hydroxyl groups excluding tert-OH is 4. The first-order chi connectivity index (χ1) is 21.4. The predicted octanol–water partition coefficient (Wildman–Crippen LogP) is 2.01. The molecule has 262 valence electrons. The Kier molecular flexibility index (Phi) is 7.71. The highest BCUT2D eigenvalue weighted by Crippen LogP contribution is 2.88. The van der Waals surface area contributed by atoms with Gasteiger partial charge in [-0.25, -0.2) is 0 Å². The van der Waals surface area contributed by atoms with Crippen LogP contribution in [0.25, 0.3) is 0 Å². The van der Waals surface area contributed by atoms with Gasteiger partial charge in [0.05, 0.1) is 18.3 Å². The van der Waals surface area contributed by atoms with Gasteiger partial charge in [0, 0.05) is 18.3 Å². The van der Waals surface area contributed by atoms with Crippen LogP contribution in [-0.2, 0) is 23.7 Å². The van der Waals surface area contributed by atoms with Gasteiger partial charge in [-0.05, 0) is 106 Å². The molecule has 6 N–H and O–H groups in total. The summed E-state index contributed by atoms with van der Waals surface area (Å²) in [6.45, 7) is 10.9. The third-order valence-corrected chi connectivity index (χ3v) is 15.0. The summed E-state index contributed by atoms with van der Waals surface area (Å²) < 4.78 is 23.9. The van der Waals surface area contributed by atoms with E-state index < -0.39 is 65.7 Å². The summed E-state index contributed by atoms with van der Waals surface area (Å²) in [5.74, 6) is -2.11. The first-order valence-electron chi connectivity index (χ1n) is 17.6. The Labute approximate surface area is 271 Å². The lowest BCUT2D eigenvalue weighted by Crippen LogP contribution is -2.61. The lowest BCUT2D eigenvalue weighted by atomic mass is 9.43. The maximum absolute atomic E-state index is 12.5. The summed E-state index contributed by atoms with van der Waals surface area (Å²) >= 11 is 0. The topological polar surface area (TPSA) is 175 Å². The van der Waals surface area contributed by atoms with Crippen molar-refractivity contribution in [3.05, 3.63) is 0 Å². The van der Waals surface area contributed by atoms with Crippen LogP contribution in [-0.4, -0.2) is 104 Å². The van der Waals surface area contributed by atoms with Gasteiger partial charge in [-0.15, -0.1) is 0 Å². The molecule has 11 heteroatoms. The summed E-state index contributed by atoms with van der Waals surface area (Å²) in [6.07, 6.45) is 0.342. The van der Waals surface area contributed by atoms with E-state index in [9.17, 15) is 35.4 Å². The molecule has 7 fully saturated rings. The number of rotatable bonds is 5. The molecule has 11 nitrogen and oxygen atoms in total. The molecule has 46 heavy (non-hydrogen) atoms. The van der Waals surface area contributed by atoms with Crippen molar-refractivity contribution < 1.29 is 54.4 Å². The van der Waals surface area contributed by atoms with Crippen molar-refractivity contribution in [3.8, 4) is 0 Å². The van der Waals surface area contributed by atoms with Crippen molar-refractivity contribution in [1.82, 2.24) is 0 Å². The number of esters is 1. The lowest BCUT2D eigenvalue weighted by molar-refractivity contribution is -0.342. The number of ether oxygens (including phenoxy) is 4. The Balaban J connectivity index is 1.13. The Morgan fingerprint density at radius 3 is 2.37 bits per heavy atom. The molecule has 2 aliphatic heterocycles. The van der Waals surface area contributed by atoms with Crippen LogP contribution in [0.4, 0.5) is 0 Å². The monoisotopic (exact) mass is 652 g/mol. The first-order valence-corrected chi connectivity index (χ1v) is 17.6. The molecular weight excluding hydrogens is 596 g/mol. The SMILES string of the molecule is CC(=O)OC(C1CC(C)C2C(O)(O1)C(O)C1(C)C3CCC4CC(OC5OCC(O)C(O)C5O)CCC45CC35CCC21C)C(C)(C)O. The highest BCUT2D eigenvalue weighted by atomic mass is 16.7. The number of aliphatic hydroxyl groups is 6. The van der Waals surface area contributed by atoms with E-state index in [0.29, 0.717) is 12.3 Å². The van der Waals surface area contributed by atoms with Crippen molar-refractivity contribution in [3.63, 3.8) is 0 Å². The van der Waals surface area contributed by atoms with Crippen LogP contribution in [0.3, 0.4) is 0 Å². The molecule has 2 spiro atoms. The number of fused-ring (bicyclic) bond motifs is 4. The first kappa shape index (κ1) is 33.6. The van der Waals surface area contributed by atoms with E-state index in [0.717, 1.165) is 51.4 Å². The van der Waals surface area contributed by atoms with Gasteiger partial charge in [-0.1, -0.05) is 20.8 Å². The average Bonchev–Trinajstić information content (AvgIpc) is 3.61. The van der Waals surface area contributed by atoms with Gasteiger partial charge in [-0.2, -0.15) is 0 Å². The van der Waals surface area contributed by atoms with Gasteiger partial charge in [0.2, 0.25) is 0 Å². The van der Waals surface area contributed by atoms with Gasteiger partial charge >= 0.3 is 5.97 Å². The normalized spacial score (nSPS) is 56.8. The molecule has 2 saturated heterocycles. The molecule has 0 radical (unpaired) electrons.